The summed E-state index contributed by atoms with van der Waals surface area (Å²) in [6.45, 7) is 1.39. The molecule has 0 saturated heterocycles. The van der Waals surface area contributed by atoms with Gasteiger partial charge in [-0.25, -0.2) is 0 Å². The predicted molar refractivity (Wildman–Crippen MR) is 110 cm³/mol. The third-order valence-corrected chi connectivity index (χ3v) is 4.32. The number of amides is 1. The van der Waals surface area contributed by atoms with E-state index < -0.39 is 0 Å². The molecule has 0 bridgehead atoms. The average Bonchev–Trinajstić information content (AvgIpc) is 2.71. The minimum atomic E-state index is -0.355. The van der Waals surface area contributed by atoms with Gasteiger partial charge in [-0.3, -0.25) is 4.79 Å². The van der Waals surface area contributed by atoms with Crippen molar-refractivity contribution in [3.05, 3.63) is 96.1 Å². The molecule has 0 atom stereocenters. The predicted octanol–water partition coefficient (Wildman–Crippen LogP) is 4.52. The van der Waals surface area contributed by atoms with Crippen LogP contribution in [-0.4, -0.2) is 26.2 Å². The van der Waals surface area contributed by atoms with Crippen LogP contribution in [0.1, 0.15) is 17.0 Å². The lowest BCUT2D eigenvalue weighted by atomic mass is 9.90. The van der Waals surface area contributed by atoms with Crippen molar-refractivity contribution in [3.8, 4) is 0 Å². The number of benzene rings is 3. The van der Waals surface area contributed by atoms with Gasteiger partial charge in [0.05, 0.1) is 12.5 Å². The Morgan fingerprint density at radius 3 is 1.85 bits per heavy atom. The molecule has 27 heavy (non-hydrogen) atoms. The summed E-state index contributed by atoms with van der Waals surface area (Å²) in [6.07, 6.45) is 0. The zero-order valence-corrected chi connectivity index (χ0v) is 15.4. The number of nitrogens with one attached hydrogen (secondary N) is 2. The SMILES string of the molecule is COCCNc1ccc(NC(=O)C(c2ccccc2)c2ccccc2)cc1. The summed E-state index contributed by atoms with van der Waals surface area (Å²) in [5.41, 5.74) is 3.71. The molecule has 0 radical (unpaired) electrons. The van der Waals surface area contributed by atoms with Crippen molar-refractivity contribution in [1.82, 2.24) is 0 Å². The lowest BCUT2D eigenvalue weighted by Gasteiger charge is -2.18. The van der Waals surface area contributed by atoms with Crippen LogP contribution in [0.15, 0.2) is 84.9 Å². The number of rotatable bonds is 8. The summed E-state index contributed by atoms with van der Waals surface area (Å²) in [6, 6.07) is 27.4. The molecule has 0 saturated carbocycles. The van der Waals surface area contributed by atoms with E-state index in [2.05, 4.69) is 10.6 Å². The number of hydrogen-bond donors (Lipinski definition) is 2. The highest BCUT2D eigenvalue weighted by Crippen LogP contribution is 2.26. The van der Waals surface area contributed by atoms with Crippen molar-refractivity contribution < 1.29 is 9.53 Å². The van der Waals surface area contributed by atoms with Gasteiger partial charge in [-0.05, 0) is 35.4 Å². The van der Waals surface area contributed by atoms with Crippen LogP contribution in [0, 0.1) is 0 Å². The lowest BCUT2D eigenvalue weighted by Crippen LogP contribution is -2.22. The quantitative estimate of drug-likeness (QED) is 0.581. The summed E-state index contributed by atoms with van der Waals surface area (Å²) in [4.78, 5) is 13.1. The minimum absolute atomic E-state index is 0.0486. The van der Waals surface area contributed by atoms with Crippen LogP contribution in [0.3, 0.4) is 0 Å². The largest absolute Gasteiger partial charge is 0.383 e. The van der Waals surface area contributed by atoms with Crippen LogP contribution in [-0.2, 0) is 9.53 Å². The second-order valence-electron chi connectivity index (χ2n) is 6.24. The second kappa shape index (κ2) is 9.55. The first-order valence-electron chi connectivity index (χ1n) is 9.01. The molecule has 0 aromatic heterocycles. The number of hydrogen-bond acceptors (Lipinski definition) is 3. The first-order valence-corrected chi connectivity index (χ1v) is 9.01. The molecule has 0 aliphatic rings. The van der Waals surface area contributed by atoms with Crippen molar-refractivity contribution in [2.75, 3.05) is 30.9 Å². The number of carbonyl (C=O) groups is 1. The van der Waals surface area contributed by atoms with Gasteiger partial charge in [0.25, 0.3) is 0 Å². The maximum Gasteiger partial charge on any atom is 0.236 e. The molecule has 4 nitrogen and oxygen atoms in total. The molecule has 0 heterocycles. The Kier molecular flexibility index (Phi) is 6.61. The molecule has 0 aliphatic carbocycles. The van der Waals surface area contributed by atoms with Crippen molar-refractivity contribution in [2.45, 2.75) is 5.92 Å². The first kappa shape index (κ1) is 18.7. The normalized spacial score (nSPS) is 10.6. The molecule has 4 heteroatoms. The van der Waals surface area contributed by atoms with Gasteiger partial charge < -0.3 is 15.4 Å². The molecular formula is C23H24N2O2. The molecule has 3 aromatic rings. The Morgan fingerprint density at radius 1 is 0.815 bits per heavy atom. The van der Waals surface area contributed by atoms with Gasteiger partial charge in [0.1, 0.15) is 0 Å². The minimum Gasteiger partial charge on any atom is -0.383 e. The van der Waals surface area contributed by atoms with Gasteiger partial charge >= 0.3 is 0 Å². The summed E-state index contributed by atoms with van der Waals surface area (Å²) < 4.78 is 5.03. The molecule has 0 unspecified atom stereocenters. The van der Waals surface area contributed by atoms with Gasteiger partial charge in [-0.1, -0.05) is 60.7 Å². The maximum absolute atomic E-state index is 13.1. The van der Waals surface area contributed by atoms with Gasteiger partial charge in [0.15, 0.2) is 0 Å². The molecule has 0 aliphatic heterocycles. The van der Waals surface area contributed by atoms with E-state index >= 15 is 0 Å². The standard InChI is InChI=1S/C23H24N2O2/c1-27-17-16-24-20-12-14-21(15-13-20)25-23(26)22(18-8-4-2-5-9-18)19-10-6-3-7-11-19/h2-15,22,24H,16-17H2,1H3,(H,25,26). The maximum atomic E-state index is 13.1. The van der Waals surface area contributed by atoms with Crippen LogP contribution in [0.2, 0.25) is 0 Å². The Hall–Kier alpha value is -3.11. The van der Waals surface area contributed by atoms with Crippen LogP contribution in [0.4, 0.5) is 11.4 Å². The smallest absolute Gasteiger partial charge is 0.236 e. The number of ether oxygens (including phenoxy) is 1. The zero-order valence-electron chi connectivity index (χ0n) is 15.4. The molecule has 138 valence electrons. The van der Waals surface area contributed by atoms with Gasteiger partial charge in [-0.2, -0.15) is 0 Å². The van der Waals surface area contributed by atoms with Gasteiger partial charge in [-0.15, -0.1) is 0 Å². The van der Waals surface area contributed by atoms with Gasteiger partial charge in [0, 0.05) is 25.0 Å². The molecule has 3 aromatic carbocycles. The van der Waals surface area contributed by atoms with E-state index in [1.54, 1.807) is 7.11 Å². The van der Waals surface area contributed by atoms with Crippen molar-refractivity contribution >= 4 is 17.3 Å². The fourth-order valence-electron chi connectivity index (χ4n) is 2.97. The van der Waals surface area contributed by atoms with Crippen molar-refractivity contribution in [2.24, 2.45) is 0 Å². The average molecular weight is 360 g/mol. The van der Waals surface area contributed by atoms with Gasteiger partial charge in [0.2, 0.25) is 5.91 Å². The highest BCUT2D eigenvalue weighted by molar-refractivity contribution is 5.98. The van der Waals surface area contributed by atoms with Crippen LogP contribution < -0.4 is 10.6 Å². The van der Waals surface area contributed by atoms with E-state index in [9.17, 15) is 4.79 Å². The second-order valence-corrected chi connectivity index (χ2v) is 6.24. The van der Waals surface area contributed by atoms with Crippen LogP contribution in [0.25, 0.3) is 0 Å². The Balaban J connectivity index is 1.75. The summed E-state index contributed by atoms with van der Waals surface area (Å²) >= 11 is 0. The Bertz CT molecular complexity index is 794. The topological polar surface area (TPSA) is 50.4 Å². The van der Waals surface area contributed by atoms with E-state index in [-0.39, 0.29) is 11.8 Å². The van der Waals surface area contributed by atoms with E-state index in [1.807, 2.05) is 84.9 Å². The highest BCUT2D eigenvalue weighted by atomic mass is 16.5. The first-order chi connectivity index (χ1) is 13.3. The van der Waals surface area contributed by atoms with E-state index in [1.165, 1.54) is 0 Å². The van der Waals surface area contributed by atoms with E-state index in [4.69, 9.17) is 4.74 Å². The molecule has 3 rings (SSSR count). The fraction of sp³-hybridized carbons (Fsp3) is 0.174. The number of anilines is 2. The summed E-state index contributed by atoms with van der Waals surface area (Å²) in [5, 5.41) is 6.30. The fourth-order valence-corrected chi connectivity index (χ4v) is 2.97. The molecule has 0 spiro atoms. The molecular weight excluding hydrogens is 336 g/mol. The summed E-state index contributed by atoms with van der Waals surface area (Å²) in [5.74, 6) is -0.403. The number of methoxy groups -OCH3 is 1. The Morgan fingerprint density at radius 2 is 1.33 bits per heavy atom. The van der Waals surface area contributed by atoms with Crippen LogP contribution in [0.5, 0.6) is 0 Å². The third kappa shape index (κ3) is 5.19. The zero-order chi connectivity index (χ0) is 18.9. The lowest BCUT2D eigenvalue weighted by molar-refractivity contribution is -0.116. The van der Waals surface area contributed by atoms with E-state index in [0.717, 1.165) is 29.0 Å². The van der Waals surface area contributed by atoms with Crippen molar-refractivity contribution in [1.29, 1.82) is 0 Å². The van der Waals surface area contributed by atoms with E-state index in [0.29, 0.717) is 6.61 Å². The highest BCUT2D eigenvalue weighted by Gasteiger charge is 2.22. The molecule has 0 fully saturated rings. The monoisotopic (exact) mass is 360 g/mol. The van der Waals surface area contributed by atoms with Crippen molar-refractivity contribution in [3.63, 3.8) is 0 Å². The number of carbonyl (C=O) groups excluding carboxylic acids is 1. The molecule has 1 amide bonds. The summed E-state index contributed by atoms with van der Waals surface area (Å²) in [7, 11) is 1.68. The third-order valence-electron chi connectivity index (χ3n) is 4.32. The molecule has 2 N–H and O–H groups in total. The van der Waals surface area contributed by atoms with Crippen LogP contribution >= 0.6 is 0 Å². The Labute approximate surface area is 160 Å².